The molecule has 0 unspecified atom stereocenters. The molecule has 1 aliphatic heterocycles. The zero-order chi connectivity index (χ0) is 13.2. The number of rotatable bonds is 3. The van der Waals surface area contributed by atoms with Gasteiger partial charge in [-0.2, -0.15) is 0 Å². The zero-order valence-electron chi connectivity index (χ0n) is 9.89. The van der Waals surface area contributed by atoms with Crippen molar-refractivity contribution in [1.82, 2.24) is 5.32 Å². The number of phenolic OH excluding ortho intramolecular Hbond substituents is 1. The van der Waals surface area contributed by atoms with Crippen molar-refractivity contribution in [2.24, 2.45) is 0 Å². The van der Waals surface area contributed by atoms with Crippen molar-refractivity contribution < 1.29 is 13.5 Å². The summed E-state index contributed by atoms with van der Waals surface area (Å²) in [5.74, 6) is 0.762. The van der Waals surface area contributed by atoms with Crippen LogP contribution in [0.25, 0.3) is 0 Å². The van der Waals surface area contributed by atoms with Gasteiger partial charge in [-0.25, -0.2) is 8.42 Å². The molecule has 0 radical (unpaired) electrons. The van der Waals surface area contributed by atoms with Gasteiger partial charge in [0.2, 0.25) is 0 Å². The van der Waals surface area contributed by atoms with Gasteiger partial charge in [0.05, 0.1) is 16.0 Å². The van der Waals surface area contributed by atoms with E-state index in [1.54, 1.807) is 6.07 Å². The van der Waals surface area contributed by atoms with E-state index in [0.717, 1.165) is 5.56 Å². The number of hydrogen-bond acceptors (Lipinski definition) is 4. The largest absolute Gasteiger partial charge is 0.506 e. The number of sulfone groups is 1. The van der Waals surface area contributed by atoms with Crippen LogP contribution >= 0.6 is 15.9 Å². The van der Waals surface area contributed by atoms with Crippen LogP contribution in [0.15, 0.2) is 22.7 Å². The van der Waals surface area contributed by atoms with Gasteiger partial charge in [0.1, 0.15) is 15.6 Å². The lowest BCUT2D eigenvalue weighted by atomic mass is 10.1. The highest BCUT2D eigenvalue weighted by molar-refractivity contribution is 9.10. The second-order valence-corrected chi connectivity index (χ2v) is 7.71. The minimum absolute atomic E-state index is 0.215. The van der Waals surface area contributed by atoms with Gasteiger partial charge in [-0.15, -0.1) is 0 Å². The molecule has 1 heterocycles. The third-order valence-corrected chi connectivity index (χ3v) is 5.56. The maximum Gasteiger partial charge on any atom is 0.150 e. The summed E-state index contributed by atoms with van der Waals surface area (Å²) in [6.07, 6.45) is 1.30. The van der Waals surface area contributed by atoms with Crippen LogP contribution in [-0.2, 0) is 16.4 Å². The van der Waals surface area contributed by atoms with Crippen molar-refractivity contribution in [3.05, 3.63) is 28.2 Å². The van der Waals surface area contributed by atoms with E-state index in [0.29, 0.717) is 23.9 Å². The number of benzene rings is 1. The average molecular weight is 334 g/mol. The summed E-state index contributed by atoms with van der Waals surface area (Å²) < 4.78 is 23.3. The quantitative estimate of drug-likeness (QED) is 0.885. The number of aromatic hydroxyl groups is 1. The van der Waals surface area contributed by atoms with E-state index in [9.17, 15) is 13.5 Å². The minimum atomic E-state index is -2.81. The molecule has 1 aromatic carbocycles. The van der Waals surface area contributed by atoms with E-state index in [4.69, 9.17) is 0 Å². The highest BCUT2D eigenvalue weighted by Crippen LogP contribution is 2.27. The van der Waals surface area contributed by atoms with Crippen LogP contribution in [0.2, 0.25) is 0 Å². The molecular weight excluding hydrogens is 318 g/mol. The van der Waals surface area contributed by atoms with Crippen molar-refractivity contribution in [3.63, 3.8) is 0 Å². The smallest absolute Gasteiger partial charge is 0.150 e. The fraction of sp³-hybridized carbons (Fsp3) is 0.500. The normalized spacial score (nSPS) is 19.8. The van der Waals surface area contributed by atoms with Gasteiger partial charge in [-0.05, 0) is 34.8 Å². The molecule has 0 amide bonds. The lowest BCUT2D eigenvalue weighted by molar-refractivity contribution is 0.438. The highest BCUT2D eigenvalue weighted by atomic mass is 79.9. The Kier molecular flexibility index (Phi) is 4.29. The molecule has 1 fully saturated rings. The summed E-state index contributed by atoms with van der Waals surface area (Å²) in [6.45, 7) is 0.552. The van der Waals surface area contributed by atoms with E-state index >= 15 is 0 Å². The molecule has 2 N–H and O–H groups in total. The van der Waals surface area contributed by atoms with Crippen LogP contribution in [0, 0.1) is 0 Å². The summed E-state index contributed by atoms with van der Waals surface area (Å²) in [7, 11) is -2.81. The van der Waals surface area contributed by atoms with Gasteiger partial charge in [-0.1, -0.05) is 12.1 Å². The van der Waals surface area contributed by atoms with Gasteiger partial charge in [0.15, 0.2) is 0 Å². The fourth-order valence-electron chi connectivity index (χ4n) is 2.05. The van der Waals surface area contributed by atoms with Crippen molar-refractivity contribution in [3.8, 4) is 5.75 Å². The van der Waals surface area contributed by atoms with Crippen molar-refractivity contribution in [2.45, 2.75) is 25.4 Å². The zero-order valence-corrected chi connectivity index (χ0v) is 12.3. The maximum atomic E-state index is 11.3. The molecule has 2 rings (SSSR count). The first-order valence-electron chi connectivity index (χ1n) is 5.88. The molecule has 0 spiro atoms. The lowest BCUT2D eigenvalue weighted by Gasteiger charge is -2.23. The van der Waals surface area contributed by atoms with Crippen LogP contribution in [0.1, 0.15) is 18.4 Å². The molecule has 100 valence electrons. The molecule has 0 aliphatic carbocycles. The molecule has 0 aromatic heterocycles. The standard InChI is InChI=1S/C12H16BrNO3S/c13-11-3-1-2-9(12(11)15)8-14-10-4-6-18(16,17)7-5-10/h1-3,10,14-15H,4-8H2. The fourth-order valence-corrected chi connectivity index (χ4v) is 3.95. The maximum absolute atomic E-state index is 11.3. The van der Waals surface area contributed by atoms with Crippen LogP contribution in [0.5, 0.6) is 5.75 Å². The number of hydrogen-bond donors (Lipinski definition) is 2. The molecule has 18 heavy (non-hydrogen) atoms. The predicted octanol–water partition coefficient (Wildman–Crippen LogP) is 1.82. The highest BCUT2D eigenvalue weighted by Gasteiger charge is 2.23. The minimum Gasteiger partial charge on any atom is -0.506 e. The molecular formula is C12H16BrNO3S. The van der Waals surface area contributed by atoms with Crippen LogP contribution in [0.3, 0.4) is 0 Å². The van der Waals surface area contributed by atoms with E-state index in [1.165, 1.54) is 0 Å². The number of nitrogens with one attached hydrogen (secondary N) is 1. The topological polar surface area (TPSA) is 66.4 Å². The van der Waals surface area contributed by atoms with Crippen LogP contribution < -0.4 is 5.32 Å². The van der Waals surface area contributed by atoms with Gasteiger partial charge in [-0.3, -0.25) is 0 Å². The molecule has 0 atom stereocenters. The first-order chi connectivity index (χ1) is 8.48. The van der Waals surface area contributed by atoms with Crippen molar-refractivity contribution in [2.75, 3.05) is 11.5 Å². The van der Waals surface area contributed by atoms with E-state index in [2.05, 4.69) is 21.2 Å². The Labute approximate surface area is 115 Å². The third-order valence-electron chi connectivity index (χ3n) is 3.21. The summed E-state index contributed by atoms with van der Waals surface area (Å²) in [4.78, 5) is 0. The van der Waals surface area contributed by atoms with Gasteiger partial charge in [0, 0.05) is 18.2 Å². The Morgan fingerprint density at radius 3 is 2.67 bits per heavy atom. The molecule has 0 saturated carbocycles. The van der Waals surface area contributed by atoms with E-state index in [-0.39, 0.29) is 23.3 Å². The van der Waals surface area contributed by atoms with Crippen LogP contribution in [-0.4, -0.2) is 31.1 Å². The van der Waals surface area contributed by atoms with E-state index in [1.807, 2.05) is 12.1 Å². The van der Waals surface area contributed by atoms with Crippen LogP contribution in [0.4, 0.5) is 0 Å². The molecule has 1 saturated heterocycles. The lowest BCUT2D eigenvalue weighted by Crippen LogP contribution is -2.37. The number of halogens is 1. The second-order valence-electron chi connectivity index (χ2n) is 4.55. The Morgan fingerprint density at radius 1 is 1.33 bits per heavy atom. The monoisotopic (exact) mass is 333 g/mol. The molecule has 0 bridgehead atoms. The van der Waals surface area contributed by atoms with Gasteiger partial charge < -0.3 is 10.4 Å². The molecule has 4 nitrogen and oxygen atoms in total. The number of phenols is 1. The first-order valence-corrected chi connectivity index (χ1v) is 8.49. The summed E-state index contributed by atoms with van der Waals surface area (Å²) in [5.41, 5.74) is 0.817. The summed E-state index contributed by atoms with van der Waals surface area (Å²) in [6, 6.07) is 5.72. The van der Waals surface area contributed by atoms with Gasteiger partial charge >= 0.3 is 0 Å². The third kappa shape index (κ3) is 3.46. The van der Waals surface area contributed by atoms with E-state index < -0.39 is 9.84 Å². The Bertz CT molecular complexity index is 516. The Balaban J connectivity index is 1.91. The Morgan fingerprint density at radius 2 is 2.00 bits per heavy atom. The molecule has 1 aliphatic rings. The summed E-state index contributed by atoms with van der Waals surface area (Å²) >= 11 is 3.27. The second kappa shape index (κ2) is 5.59. The molecule has 6 heteroatoms. The first kappa shape index (κ1) is 13.8. The SMILES string of the molecule is O=S1(=O)CCC(NCc2cccc(Br)c2O)CC1. The summed E-state index contributed by atoms with van der Waals surface area (Å²) in [5, 5.41) is 13.1. The number of para-hydroxylation sites is 1. The Hall–Kier alpha value is -0.590. The molecule has 1 aromatic rings. The van der Waals surface area contributed by atoms with Crippen molar-refractivity contribution in [1.29, 1.82) is 0 Å². The van der Waals surface area contributed by atoms with Crippen molar-refractivity contribution >= 4 is 25.8 Å². The average Bonchev–Trinajstić information content (AvgIpc) is 2.33. The predicted molar refractivity (Wildman–Crippen MR) is 74.3 cm³/mol. The van der Waals surface area contributed by atoms with Gasteiger partial charge in [0.25, 0.3) is 0 Å².